The summed E-state index contributed by atoms with van der Waals surface area (Å²) in [6.45, 7) is 0. The van der Waals surface area contributed by atoms with Crippen LogP contribution in [0.15, 0.2) is 12.2 Å². The van der Waals surface area contributed by atoms with E-state index in [1.165, 1.54) is 6.08 Å². The summed E-state index contributed by atoms with van der Waals surface area (Å²) in [6.07, 6.45) is 3.98. The predicted octanol–water partition coefficient (Wildman–Crippen LogP) is 1.09. The monoisotopic (exact) mass is 187 g/mol. The molecule has 0 aromatic heterocycles. The molecule has 3 atom stereocenters. The SMILES string of the molecule is N[C@@H](CC1CCC=CC1F)C(=O)O. The van der Waals surface area contributed by atoms with Gasteiger partial charge in [0.1, 0.15) is 12.2 Å². The molecule has 74 valence electrons. The van der Waals surface area contributed by atoms with Crippen molar-refractivity contribution in [3.05, 3.63) is 12.2 Å². The van der Waals surface area contributed by atoms with Gasteiger partial charge in [0.05, 0.1) is 0 Å². The topological polar surface area (TPSA) is 63.3 Å². The van der Waals surface area contributed by atoms with Crippen molar-refractivity contribution < 1.29 is 14.3 Å². The summed E-state index contributed by atoms with van der Waals surface area (Å²) in [5.74, 6) is -1.28. The Balaban J connectivity index is 2.44. The molecule has 13 heavy (non-hydrogen) atoms. The minimum atomic E-state index is -1.05. The summed E-state index contributed by atoms with van der Waals surface area (Å²) in [7, 11) is 0. The van der Waals surface area contributed by atoms with E-state index in [9.17, 15) is 9.18 Å². The molecule has 0 aromatic rings. The molecule has 0 spiro atoms. The Bertz CT molecular complexity index is 218. The average molecular weight is 187 g/mol. The zero-order valence-electron chi connectivity index (χ0n) is 7.32. The predicted molar refractivity (Wildman–Crippen MR) is 47.0 cm³/mol. The number of halogens is 1. The van der Waals surface area contributed by atoms with Crippen LogP contribution in [-0.2, 0) is 4.79 Å². The maximum Gasteiger partial charge on any atom is 0.320 e. The first-order chi connectivity index (χ1) is 6.11. The minimum Gasteiger partial charge on any atom is -0.480 e. The number of hydrogen-bond donors (Lipinski definition) is 2. The van der Waals surface area contributed by atoms with Gasteiger partial charge in [0.2, 0.25) is 0 Å². The first kappa shape index (κ1) is 10.2. The molecule has 3 N–H and O–H groups in total. The van der Waals surface area contributed by atoms with Crippen molar-refractivity contribution in [2.75, 3.05) is 0 Å². The lowest BCUT2D eigenvalue weighted by Gasteiger charge is -2.22. The van der Waals surface area contributed by atoms with E-state index in [2.05, 4.69) is 0 Å². The van der Waals surface area contributed by atoms with Crippen molar-refractivity contribution in [1.82, 2.24) is 0 Å². The number of allylic oxidation sites excluding steroid dienone is 2. The standard InChI is InChI=1S/C9H14FNO2/c10-7-4-2-1-3-6(7)5-8(11)9(12)13/h2,4,6-8H,1,3,5,11H2,(H,12,13)/t6?,7?,8-/m0/s1. The summed E-state index contributed by atoms with van der Waals surface area (Å²) >= 11 is 0. The Labute approximate surface area is 76.4 Å². The number of rotatable bonds is 3. The van der Waals surface area contributed by atoms with Gasteiger partial charge in [-0.3, -0.25) is 4.79 Å². The van der Waals surface area contributed by atoms with Crippen LogP contribution in [-0.4, -0.2) is 23.3 Å². The second-order valence-electron chi connectivity index (χ2n) is 3.39. The maximum absolute atomic E-state index is 13.1. The van der Waals surface area contributed by atoms with Crippen molar-refractivity contribution in [2.24, 2.45) is 11.7 Å². The number of nitrogens with two attached hydrogens (primary N) is 1. The summed E-state index contributed by atoms with van der Waals surface area (Å²) in [5, 5.41) is 8.53. The fourth-order valence-corrected chi connectivity index (χ4v) is 1.53. The normalized spacial score (nSPS) is 30.0. The van der Waals surface area contributed by atoms with E-state index in [-0.39, 0.29) is 12.3 Å². The molecule has 2 unspecified atom stereocenters. The highest BCUT2D eigenvalue weighted by atomic mass is 19.1. The van der Waals surface area contributed by atoms with Crippen LogP contribution in [0.5, 0.6) is 0 Å². The number of carboxylic acid groups (broad SMARTS) is 1. The van der Waals surface area contributed by atoms with Gasteiger partial charge in [0, 0.05) is 0 Å². The molecule has 3 nitrogen and oxygen atoms in total. The Kier molecular flexibility index (Phi) is 3.42. The Morgan fingerprint density at radius 2 is 2.46 bits per heavy atom. The molecule has 1 rings (SSSR count). The van der Waals surface area contributed by atoms with Crippen LogP contribution in [0.3, 0.4) is 0 Å². The molecule has 0 bridgehead atoms. The van der Waals surface area contributed by atoms with Gasteiger partial charge in [-0.05, 0) is 25.2 Å². The lowest BCUT2D eigenvalue weighted by Crippen LogP contribution is -2.35. The molecule has 4 heteroatoms. The van der Waals surface area contributed by atoms with Crippen LogP contribution in [0.4, 0.5) is 4.39 Å². The van der Waals surface area contributed by atoms with E-state index in [1.54, 1.807) is 6.08 Å². The van der Waals surface area contributed by atoms with Crippen molar-refractivity contribution >= 4 is 5.97 Å². The van der Waals surface area contributed by atoms with E-state index in [4.69, 9.17) is 10.8 Å². The van der Waals surface area contributed by atoms with Crippen molar-refractivity contribution in [1.29, 1.82) is 0 Å². The quantitative estimate of drug-likeness (QED) is 0.650. The Morgan fingerprint density at radius 1 is 1.77 bits per heavy atom. The van der Waals surface area contributed by atoms with Crippen LogP contribution >= 0.6 is 0 Å². The molecule has 0 aliphatic heterocycles. The van der Waals surface area contributed by atoms with Gasteiger partial charge in [-0.15, -0.1) is 0 Å². The highest BCUT2D eigenvalue weighted by molar-refractivity contribution is 5.73. The summed E-state index contributed by atoms with van der Waals surface area (Å²) in [5.41, 5.74) is 5.32. The van der Waals surface area contributed by atoms with E-state index >= 15 is 0 Å². The first-order valence-corrected chi connectivity index (χ1v) is 4.40. The molecule has 0 amide bonds. The summed E-state index contributed by atoms with van der Waals surface area (Å²) < 4.78 is 13.1. The Morgan fingerprint density at radius 3 is 3.00 bits per heavy atom. The number of hydrogen-bond acceptors (Lipinski definition) is 2. The second-order valence-corrected chi connectivity index (χ2v) is 3.39. The van der Waals surface area contributed by atoms with Crippen LogP contribution in [0.25, 0.3) is 0 Å². The molecule has 1 aliphatic rings. The van der Waals surface area contributed by atoms with Crippen LogP contribution in [0.2, 0.25) is 0 Å². The van der Waals surface area contributed by atoms with Crippen molar-refractivity contribution in [2.45, 2.75) is 31.5 Å². The zero-order chi connectivity index (χ0) is 9.84. The molecule has 0 saturated carbocycles. The van der Waals surface area contributed by atoms with Crippen LogP contribution < -0.4 is 5.73 Å². The van der Waals surface area contributed by atoms with Crippen molar-refractivity contribution in [3.8, 4) is 0 Å². The smallest absolute Gasteiger partial charge is 0.320 e. The van der Waals surface area contributed by atoms with Gasteiger partial charge < -0.3 is 10.8 Å². The molecular weight excluding hydrogens is 173 g/mol. The van der Waals surface area contributed by atoms with E-state index < -0.39 is 18.2 Å². The third kappa shape index (κ3) is 2.81. The Hall–Kier alpha value is -0.900. The third-order valence-corrected chi connectivity index (χ3v) is 2.35. The van der Waals surface area contributed by atoms with Gasteiger partial charge in [0.15, 0.2) is 0 Å². The van der Waals surface area contributed by atoms with E-state index in [0.29, 0.717) is 6.42 Å². The van der Waals surface area contributed by atoms with E-state index in [0.717, 1.165) is 6.42 Å². The molecule has 0 fully saturated rings. The van der Waals surface area contributed by atoms with Gasteiger partial charge in [-0.1, -0.05) is 12.2 Å². The lowest BCUT2D eigenvalue weighted by atomic mass is 9.87. The first-order valence-electron chi connectivity index (χ1n) is 4.40. The molecule has 0 radical (unpaired) electrons. The summed E-state index contributed by atoms with van der Waals surface area (Å²) in [6, 6.07) is -0.935. The fourth-order valence-electron chi connectivity index (χ4n) is 1.53. The van der Waals surface area contributed by atoms with Gasteiger partial charge in [-0.25, -0.2) is 4.39 Å². The van der Waals surface area contributed by atoms with E-state index in [1.807, 2.05) is 0 Å². The van der Waals surface area contributed by atoms with Crippen molar-refractivity contribution in [3.63, 3.8) is 0 Å². The largest absolute Gasteiger partial charge is 0.480 e. The van der Waals surface area contributed by atoms with Gasteiger partial charge in [0.25, 0.3) is 0 Å². The number of carboxylic acids is 1. The molecule has 0 heterocycles. The third-order valence-electron chi connectivity index (χ3n) is 2.35. The number of aliphatic carboxylic acids is 1. The molecule has 0 aromatic carbocycles. The highest BCUT2D eigenvalue weighted by Gasteiger charge is 2.25. The number of alkyl halides is 1. The molecule has 1 aliphatic carbocycles. The van der Waals surface area contributed by atoms with Crippen LogP contribution in [0, 0.1) is 5.92 Å². The molecule has 0 saturated heterocycles. The fraction of sp³-hybridized carbons (Fsp3) is 0.667. The minimum absolute atomic E-state index is 0.223. The maximum atomic E-state index is 13.1. The van der Waals surface area contributed by atoms with Gasteiger partial charge in [-0.2, -0.15) is 0 Å². The number of carbonyl (C=O) groups is 1. The average Bonchev–Trinajstić information content (AvgIpc) is 2.08. The van der Waals surface area contributed by atoms with Gasteiger partial charge >= 0.3 is 5.97 Å². The van der Waals surface area contributed by atoms with Crippen LogP contribution in [0.1, 0.15) is 19.3 Å². The summed E-state index contributed by atoms with van der Waals surface area (Å²) in [4.78, 5) is 10.4. The molecular formula is C9H14FNO2. The second kappa shape index (κ2) is 4.37. The lowest BCUT2D eigenvalue weighted by molar-refractivity contribution is -0.139. The zero-order valence-corrected chi connectivity index (χ0v) is 7.32. The highest BCUT2D eigenvalue weighted by Crippen LogP contribution is 2.25.